The van der Waals surface area contributed by atoms with Crippen molar-refractivity contribution >= 4 is 23.6 Å². The van der Waals surface area contributed by atoms with E-state index >= 15 is 0 Å². The number of carbonyl (C=O) groups excluding carboxylic acids is 2. The van der Waals surface area contributed by atoms with Crippen LogP contribution < -0.4 is 15.8 Å². The number of carbonyl (C=O) groups is 2. The highest BCUT2D eigenvalue weighted by molar-refractivity contribution is 6.12. The van der Waals surface area contributed by atoms with Gasteiger partial charge < -0.3 is 15.8 Å². The molecule has 0 fully saturated rings. The molecular weight excluding hydrogens is 306 g/mol. The van der Waals surface area contributed by atoms with E-state index in [4.69, 9.17) is 10.5 Å². The predicted octanol–water partition coefficient (Wildman–Crippen LogP) is 2.34. The van der Waals surface area contributed by atoms with Crippen molar-refractivity contribution in [3.8, 4) is 11.8 Å². The summed E-state index contributed by atoms with van der Waals surface area (Å²) < 4.78 is 5.19. The second-order valence-electron chi connectivity index (χ2n) is 4.78. The largest absolute Gasteiger partial charge is 0.496 e. The molecular formula is C18H15N3O3. The van der Waals surface area contributed by atoms with Crippen LogP contribution >= 0.6 is 0 Å². The topological polar surface area (TPSA) is 105 Å². The van der Waals surface area contributed by atoms with Crippen LogP contribution in [-0.4, -0.2) is 18.9 Å². The number of methoxy groups -OCH3 is 1. The van der Waals surface area contributed by atoms with Crippen LogP contribution in [0.3, 0.4) is 0 Å². The van der Waals surface area contributed by atoms with Gasteiger partial charge >= 0.3 is 0 Å². The number of nitriles is 1. The summed E-state index contributed by atoms with van der Waals surface area (Å²) in [7, 11) is 1.50. The van der Waals surface area contributed by atoms with Crippen LogP contribution in [0.25, 0.3) is 6.08 Å². The zero-order valence-electron chi connectivity index (χ0n) is 12.9. The molecule has 6 nitrogen and oxygen atoms in total. The molecule has 0 atom stereocenters. The first-order chi connectivity index (χ1) is 11.6. The zero-order chi connectivity index (χ0) is 17.5. The van der Waals surface area contributed by atoms with Gasteiger partial charge in [-0.05, 0) is 24.3 Å². The summed E-state index contributed by atoms with van der Waals surface area (Å²) in [5.41, 5.74) is 6.15. The van der Waals surface area contributed by atoms with Crippen molar-refractivity contribution in [2.75, 3.05) is 12.4 Å². The number of ether oxygens (including phenoxy) is 1. The lowest BCUT2D eigenvalue weighted by Gasteiger charge is -2.09. The number of amides is 2. The van der Waals surface area contributed by atoms with Gasteiger partial charge in [-0.3, -0.25) is 9.59 Å². The van der Waals surface area contributed by atoms with Crippen LogP contribution in [0, 0.1) is 11.3 Å². The van der Waals surface area contributed by atoms with Gasteiger partial charge in [0, 0.05) is 5.56 Å². The van der Waals surface area contributed by atoms with E-state index < -0.39 is 11.8 Å². The molecule has 0 radical (unpaired) electrons. The molecule has 0 spiro atoms. The van der Waals surface area contributed by atoms with Crippen LogP contribution in [0.5, 0.6) is 5.75 Å². The monoisotopic (exact) mass is 321 g/mol. The number of hydrogen-bond acceptors (Lipinski definition) is 4. The fourth-order valence-electron chi connectivity index (χ4n) is 2.09. The lowest BCUT2D eigenvalue weighted by Crippen LogP contribution is -2.19. The lowest BCUT2D eigenvalue weighted by atomic mass is 10.1. The van der Waals surface area contributed by atoms with E-state index in [1.54, 1.807) is 36.4 Å². The van der Waals surface area contributed by atoms with Crippen molar-refractivity contribution in [1.29, 1.82) is 5.26 Å². The molecule has 0 unspecified atom stereocenters. The number of rotatable bonds is 5. The SMILES string of the molecule is COc1ccccc1/C=C(\C#N)C(=O)Nc1ccccc1C(N)=O. The molecule has 0 aliphatic heterocycles. The Balaban J connectivity index is 2.32. The van der Waals surface area contributed by atoms with Crippen LogP contribution in [0.15, 0.2) is 54.1 Å². The minimum absolute atomic E-state index is 0.126. The van der Waals surface area contributed by atoms with Crippen molar-refractivity contribution in [3.05, 3.63) is 65.2 Å². The molecule has 2 aromatic carbocycles. The van der Waals surface area contributed by atoms with Gasteiger partial charge in [0.25, 0.3) is 11.8 Å². The maximum absolute atomic E-state index is 12.3. The Morgan fingerprint density at radius 1 is 1.17 bits per heavy atom. The minimum atomic E-state index is -0.668. The van der Waals surface area contributed by atoms with Gasteiger partial charge in [-0.15, -0.1) is 0 Å². The van der Waals surface area contributed by atoms with Crippen molar-refractivity contribution in [2.45, 2.75) is 0 Å². The van der Waals surface area contributed by atoms with E-state index in [0.717, 1.165) is 0 Å². The first-order valence-corrected chi connectivity index (χ1v) is 7.01. The molecule has 0 bridgehead atoms. The van der Waals surface area contributed by atoms with Crippen LogP contribution in [0.1, 0.15) is 15.9 Å². The average Bonchev–Trinajstić information content (AvgIpc) is 2.60. The maximum Gasteiger partial charge on any atom is 0.266 e. The Kier molecular flexibility index (Phi) is 5.32. The van der Waals surface area contributed by atoms with E-state index in [9.17, 15) is 14.9 Å². The molecule has 120 valence electrons. The number of anilines is 1. The Morgan fingerprint density at radius 3 is 2.50 bits per heavy atom. The summed E-state index contributed by atoms with van der Waals surface area (Å²) in [6, 6.07) is 15.2. The van der Waals surface area contributed by atoms with E-state index in [1.807, 2.05) is 6.07 Å². The molecule has 0 aliphatic carbocycles. The average molecular weight is 321 g/mol. The van der Waals surface area contributed by atoms with Gasteiger partial charge in [0.1, 0.15) is 17.4 Å². The first-order valence-electron chi connectivity index (χ1n) is 7.01. The predicted molar refractivity (Wildman–Crippen MR) is 90.2 cm³/mol. The Bertz CT molecular complexity index is 851. The lowest BCUT2D eigenvalue weighted by molar-refractivity contribution is -0.112. The summed E-state index contributed by atoms with van der Waals surface area (Å²) in [5, 5.41) is 11.8. The molecule has 0 aromatic heterocycles. The maximum atomic E-state index is 12.3. The molecule has 0 aliphatic rings. The number of nitrogens with zero attached hydrogens (tertiary/aromatic N) is 1. The van der Waals surface area contributed by atoms with E-state index in [1.165, 1.54) is 25.3 Å². The fourth-order valence-corrected chi connectivity index (χ4v) is 2.09. The van der Waals surface area contributed by atoms with E-state index in [2.05, 4.69) is 5.32 Å². The smallest absolute Gasteiger partial charge is 0.266 e. The van der Waals surface area contributed by atoms with Gasteiger partial charge in [0.2, 0.25) is 0 Å². The molecule has 6 heteroatoms. The third-order valence-corrected chi connectivity index (χ3v) is 3.24. The van der Waals surface area contributed by atoms with Gasteiger partial charge in [0.15, 0.2) is 0 Å². The van der Waals surface area contributed by atoms with Crippen molar-refractivity contribution in [2.24, 2.45) is 5.73 Å². The highest BCUT2D eigenvalue weighted by Gasteiger charge is 2.14. The molecule has 0 saturated heterocycles. The zero-order valence-corrected chi connectivity index (χ0v) is 12.9. The van der Waals surface area contributed by atoms with Crippen LogP contribution in [0.2, 0.25) is 0 Å². The second kappa shape index (κ2) is 7.61. The number of para-hydroxylation sites is 2. The number of nitrogens with one attached hydrogen (secondary N) is 1. The molecule has 3 N–H and O–H groups in total. The first kappa shape index (κ1) is 16.8. The Labute approximate surface area is 139 Å². The third kappa shape index (κ3) is 3.78. The highest BCUT2D eigenvalue weighted by Crippen LogP contribution is 2.21. The van der Waals surface area contributed by atoms with Gasteiger partial charge in [-0.1, -0.05) is 30.3 Å². The van der Waals surface area contributed by atoms with E-state index in [-0.39, 0.29) is 16.8 Å². The van der Waals surface area contributed by atoms with Gasteiger partial charge in [-0.2, -0.15) is 5.26 Å². The third-order valence-electron chi connectivity index (χ3n) is 3.24. The summed E-state index contributed by atoms with van der Waals surface area (Å²) in [6.07, 6.45) is 1.42. The second-order valence-corrected chi connectivity index (χ2v) is 4.78. The number of nitrogens with two attached hydrogens (primary N) is 1. The standard InChI is InChI=1S/C18H15N3O3/c1-24-16-9-5-2-6-12(16)10-13(11-19)18(23)21-15-8-4-3-7-14(15)17(20)22/h2-10H,1H3,(H2,20,22)(H,21,23)/b13-10+. The molecule has 24 heavy (non-hydrogen) atoms. The normalized spacial score (nSPS) is 10.6. The van der Waals surface area contributed by atoms with E-state index in [0.29, 0.717) is 11.3 Å². The summed E-state index contributed by atoms with van der Waals surface area (Å²) in [6.45, 7) is 0. The number of primary amides is 1. The Morgan fingerprint density at radius 2 is 1.83 bits per heavy atom. The van der Waals surface area contributed by atoms with Crippen LogP contribution in [-0.2, 0) is 4.79 Å². The fraction of sp³-hybridized carbons (Fsp3) is 0.0556. The minimum Gasteiger partial charge on any atom is -0.496 e. The molecule has 0 heterocycles. The highest BCUT2D eigenvalue weighted by atomic mass is 16.5. The van der Waals surface area contributed by atoms with Crippen LogP contribution in [0.4, 0.5) is 5.69 Å². The summed E-state index contributed by atoms with van der Waals surface area (Å²) >= 11 is 0. The number of hydrogen-bond donors (Lipinski definition) is 2. The van der Waals surface area contributed by atoms with Crippen molar-refractivity contribution in [1.82, 2.24) is 0 Å². The molecule has 2 aromatic rings. The molecule has 0 saturated carbocycles. The molecule has 2 amide bonds. The van der Waals surface area contributed by atoms with Gasteiger partial charge in [0.05, 0.1) is 18.4 Å². The van der Waals surface area contributed by atoms with Gasteiger partial charge in [-0.25, -0.2) is 0 Å². The summed E-state index contributed by atoms with van der Waals surface area (Å²) in [5.74, 6) is -0.772. The Hall–Kier alpha value is -3.59. The number of benzene rings is 2. The summed E-state index contributed by atoms with van der Waals surface area (Å²) in [4.78, 5) is 23.7. The quantitative estimate of drug-likeness (QED) is 0.651. The van der Waals surface area contributed by atoms with Crippen molar-refractivity contribution < 1.29 is 14.3 Å². The van der Waals surface area contributed by atoms with Crippen molar-refractivity contribution in [3.63, 3.8) is 0 Å². The molecule has 2 rings (SSSR count).